The number of rotatable bonds is 3. The summed E-state index contributed by atoms with van der Waals surface area (Å²) in [6, 6.07) is 0.119. The molecule has 1 saturated heterocycles. The monoisotopic (exact) mass is 253 g/mol. The summed E-state index contributed by atoms with van der Waals surface area (Å²) in [5.74, 6) is 0.906. The van der Waals surface area contributed by atoms with Crippen LogP contribution in [0.15, 0.2) is 0 Å². The van der Waals surface area contributed by atoms with Crippen molar-refractivity contribution < 1.29 is 4.79 Å². The molecule has 2 rings (SSSR count). The van der Waals surface area contributed by atoms with Gasteiger partial charge < -0.3 is 15.5 Å². The molecule has 1 saturated carbocycles. The number of carbonyl (C=O) groups is 1. The van der Waals surface area contributed by atoms with Gasteiger partial charge in [0, 0.05) is 19.1 Å². The van der Waals surface area contributed by atoms with Gasteiger partial charge in [-0.15, -0.1) is 0 Å². The minimum absolute atomic E-state index is 0.167. The molecule has 1 heterocycles. The molecule has 0 aromatic heterocycles. The van der Waals surface area contributed by atoms with Crippen LogP contribution in [-0.2, 0) is 4.79 Å². The molecule has 1 aliphatic carbocycles. The fourth-order valence-electron chi connectivity index (χ4n) is 3.58. The Morgan fingerprint density at radius 1 is 1.28 bits per heavy atom. The number of nitrogens with zero attached hydrogens (tertiary/aromatic N) is 2. The first-order chi connectivity index (χ1) is 8.59. The number of hydrogen-bond acceptors (Lipinski definition) is 3. The molecule has 0 aromatic rings. The van der Waals surface area contributed by atoms with E-state index >= 15 is 0 Å². The Balaban J connectivity index is 1.99. The zero-order chi connectivity index (χ0) is 13.1. The number of hydrogen-bond donors (Lipinski definition) is 1. The van der Waals surface area contributed by atoms with E-state index in [2.05, 4.69) is 4.90 Å². The molecule has 0 unspecified atom stereocenters. The summed E-state index contributed by atoms with van der Waals surface area (Å²) in [5.41, 5.74) is 6.04. The van der Waals surface area contributed by atoms with E-state index in [9.17, 15) is 4.79 Å². The van der Waals surface area contributed by atoms with Gasteiger partial charge in [0.25, 0.3) is 0 Å². The lowest BCUT2D eigenvalue weighted by molar-refractivity contribution is -0.139. The van der Waals surface area contributed by atoms with Crippen molar-refractivity contribution in [2.24, 2.45) is 11.7 Å². The second-order valence-corrected chi connectivity index (χ2v) is 6.15. The largest absolute Gasteiger partial charge is 0.338 e. The zero-order valence-electron chi connectivity index (χ0n) is 11.8. The average molecular weight is 253 g/mol. The molecule has 2 N–H and O–H groups in total. The molecule has 0 radical (unpaired) electrons. The SMILES string of the molecule is CN(C)C[C@@H](N)C(=O)N1CCC[C@H]2CCCC[C@@H]21. The van der Waals surface area contributed by atoms with Gasteiger partial charge >= 0.3 is 0 Å². The zero-order valence-corrected chi connectivity index (χ0v) is 11.8. The highest BCUT2D eigenvalue weighted by Gasteiger charge is 2.37. The van der Waals surface area contributed by atoms with Crippen molar-refractivity contribution in [2.45, 2.75) is 50.6 Å². The molecule has 2 fully saturated rings. The van der Waals surface area contributed by atoms with E-state index in [1.807, 2.05) is 19.0 Å². The highest BCUT2D eigenvalue weighted by atomic mass is 16.2. The molecule has 0 spiro atoms. The minimum atomic E-state index is -0.360. The van der Waals surface area contributed by atoms with Crippen LogP contribution in [0.1, 0.15) is 38.5 Å². The third kappa shape index (κ3) is 3.04. The molecular formula is C14H27N3O. The van der Waals surface area contributed by atoms with Gasteiger partial charge in [0.15, 0.2) is 0 Å². The number of carbonyl (C=O) groups excluding carboxylic acids is 1. The molecular weight excluding hydrogens is 226 g/mol. The van der Waals surface area contributed by atoms with E-state index in [1.54, 1.807) is 0 Å². The number of fused-ring (bicyclic) bond motifs is 1. The number of likely N-dealkylation sites (tertiary alicyclic amines) is 1. The summed E-state index contributed by atoms with van der Waals surface area (Å²) in [6.45, 7) is 1.56. The molecule has 4 nitrogen and oxygen atoms in total. The van der Waals surface area contributed by atoms with Crippen molar-refractivity contribution in [3.63, 3.8) is 0 Å². The lowest BCUT2D eigenvalue weighted by Gasteiger charge is -2.45. The molecule has 104 valence electrons. The fraction of sp³-hybridized carbons (Fsp3) is 0.929. The molecule has 1 amide bonds. The smallest absolute Gasteiger partial charge is 0.241 e. The molecule has 3 atom stereocenters. The van der Waals surface area contributed by atoms with Crippen LogP contribution in [0.2, 0.25) is 0 Å². The normalized spacial score (nSPS) is 30.1. The predicted octanol–water partition coefficient (Wildman–Crippen LogP) is 1.06. The van der Waals surface area contributed by atoms with Crippen molar-refractivity contribution >= 4 is 5.91 Å². The van der Waals surface area contributed by atoms with Gasteiger partial charge in [0.05, 0.1) is 6.04 Å². The maximum absolute atomic E-state index is 12.5. The van der Waals surface area contributed by atoms with Gasteiger partial charge in [-0.2, -0.15) is 0 Å². The number of nitrogens with two attached hydrogens (primary N) is 1. The highest BCUT2D eigenvalue weighted by molar-refractivity contribution is 5.82. The van der Waals surface area contributed by atoms with Crippen LogP contribution in [0.3, 0.4) is 0 Å². The standard InChI is InChI=1S/C14H27N3O/c1-16(2)10-12(15)14(18)17-9-5-7-11-6-3-4-8-13(11)17/h11-13H,3-10,15H2,1-2H3/t11-,12-,13+/m1/s1. The summed E-state index contributed by atoms with van der Waals surface area (Å²) < 4.78 is 0. The van der Waals surface area contributed by atoms with Crippen LogP contribution in [0.5, 0.6) is 0 Å². The van der Waals surface area contributed by atoms with Gasteiger partial charge in [-0.1, -0.05) is 12.8 Å². The second kappa shape index (κ2) is 6.02. The Bertz CT molecular complexity index is 291. The van der Waals surface area contributed by atoms with E-state index in [0.717, 1.165) is 18.9 Å². The Labute approximate surface area is 110 Å². The van der Waals surface area contributed by atoms with Crippen molar-refractivity contribution in [1.29, 1.82) is 0 Å². The highest BCUT2D eigenvalue weighted by Crippen LogP contribution is 2.35. The maximum Gasteiger partial charge on any atom is 0.241 e. The number of amides is 1. The van der Waals surface area contributed by atoms with Crippen LogP contribution in [-0.4, -0.2) is 55.0 Å². The molecule has 18 heavy (non-hydrogen) atoms. The van der Waals surface area contributed by atoms with Crippen LogP contribution in [0.4, 0.5) is 0 Å². The van der Waals surface area contributed by atoms with Gasteiger partial charge in [0.1, 0.15) is 0 Å². The molecule has 0 bridgehead atoms. The minimum Gasteiger partial charge on any atom is -0.338 e. The molecule has 2 aliphatic rings. The van der Waals surface area contributed by atoms with Crippen LogP contribution >= 0.6 is 0 Å². The van der Waals surface area contributed by atoms with Gasteiger partial charge in [0.2, 0.25) is 5.91 Å². The Hall–Kier alpha value is -0.610. The summed E-state index contributed by atoms with van der Waals surface area (Å²) in [6.07, 6.45) is 7.56. The number of likely N-dealkylation sites (N-methyl/N-ethyl adjacent to an activating group) is 1. The average Bonchev–Trinajstić information content (AvgIpc) is 2.36. The van der Waals surface area contributed by atoms with Crippen LogP contribution in [0.25, 0.3) is 0 Å². The van der Waals surface area contributed by atoms with Crippen molar-refractivity contribution in [1.82, 2.24) is 9.80 Å². The number of piperidine rings is 1. The van der Waals surface area contributed by atoms with E-state index in [4.69, 9.17) is 5.73 Å². The third-order valence-electron chi connectivity index (χ3n) is 4.41. The molecule has 0 aromatic carbocycles. The Morgan fingerprint density at radius 3 is 2.67 bits per heavy atom. The van der Waals surface area contributed by atoms with E-state index in [1.165, 1.54) is 32.1 Å². The van der Waals surface area contributed by atoms with Crippen molar-refractivity contribution in [3.05, 3.63) is 0 Å². The third-order valence-corrected chi connectivity index (χ3v) is 4.41. The fourth-order valence-corrected chi connectivity index (χ4v) is 3.58. The topological polar surface area (TPSA) is 49.6 Å². The van der Waals surface area contributed by atoms with Gasteiger partial charge in [-0.05, 0) is 45.7 Å². The van der Waals surface area contributed by atoms with Crippen molar-refractivity contribution in [3.8, 4) is 0 Å². The first kappa shape index (κ1) is 13.8. The first-order valence-corrected chi connectivity index (χ1v) is 7.30. The van der Waals surface area contributed by atoms with Gasteiger partial charge in [-0.25, -0.2) is 0 Å². The van der Waals surface area contributed by atoms with E-state index < -0.39 is 0 Å². The van der Waals surface area contributed by atoms with E-state index in [-0.39, 0.29) is 11.9 Å². The quantitative estimate of drug-likeness (QED) is 0.818. The maximum atomic E-state index is 12.5. The van der Waals surface area contributed by atoms with Crippen LogP contribution in [0, 0.1) is 5.92 Å². The lowest BCUT2D eigenvalue weighted by atomic mass is 9.78. The van der Waals surface area contributed by atoms with Crippen molar-refractivity contribution in [2.75, 3.05) is 27.2 Å². The molecule has 4 heteroatoms. The van der Waals surface area contributed by atoms with E-state index in [0.29, 0.717) is 12.6 Å². The lowest BCUT2D eigenvalue weighted by Crippen LogP contribution is -2.56. The molecule has 1 aliphatic heterocycles. The summed E-state index contributed by atoms with van der Waals surface area (Å²) in [7, 11) is 3.93. The first-order valence-electron chi connectivity index (χ1n) is 7.30. The van der Waals surface area contributed by atoms with Gasteiger partial charge in [-0.3, -0.25) is 4.79 Å². The Morgan fingerprint density at radius 2 is 1.94 bits per heavy atom. The summed E-state index contributed by atoms with van der Waals surface area (Å²) >= 11 is 0. The van der Waals surface area contributed by atoms with Crippen LogP contribution < -0.4 is 5.73 Å². The summed E-state index contributed by atoms with van der Waals surface area (Å²) in [5, 5.41) is 0. The second-order valence-electron chi connectivity index (χ2n) is 6.15. The predicted molar refractivity (Wildman–Crippen MR) is 73.2 cm³/mol. The Kier molecular flexibility index (Phi) is 4.62. The summed E-state index contributed by atoms with van der Waals surface area (Å²) in [4.78, 5) is 16.6.